The number of nitrogens with one attached hydrogen (secondary N) is 2. The van der Waals surface area contributed by atoms with Crippen molar-refractivity contribution in [1.82, 2.24) is 10.6 Å². The number of amides is 1. The summed E-state index contributed by atoms with van der Waals surface area (Å²) < 4.78 is 0. The van der Waals surface area contributed by atoms with E-state index >= 15 is 0 Å². The van der Waals surface area contributed by atoms with Crippen LogP contribution >= 0.6 is 0 Å². The van der Waals surface area contributed by atoms with Gasteiger partial charge in [-0.05, 0) is 36.3 Å². The number of hydrogen-bond donors (Lipinski definition) is 2. The average Bonchev–Trinajstić information content (AvgIpc) is 3.12. The molecule has 3 nitrogen and oxygen atoms in total. The monoisotopic (exact) mass is 344 g/mol. The lowest BCUT2D eigenvalue weighted by Crippen LogP contribution is -2.36. The second kappa shape index (κ2) is 9.54. The van der Waals surface area contributed by atoms with Gasteiger partial charge in [-0.25, -0.2) is 0 Å². The predicted octanol–water partition coefficient (Wildman–Crippen LogP) is 3.72. The fourth-order valence-electron chi connectivity index (χ4n) is 2.90. The predicted molar refractivity (Wildman–Crippen MR) is 108 cm³/mol. The molecule has 3 heteroatoms. The van der Waals surface area contributed by atoms with E-state index in [2.05, 4.69) is 22.8 Å². The van der Waals surface area contributed by atoms with Crippen LogP contribution in [0.15, 0.2) is 96.6 Å². The number of carbonyl (C=O) groups is 1. The third-order valence-corrected chi connectivity index (χ3v) is 4.31. The summed E-state index contributed by atoms with van der Waals surface area (Å²) in [7, 11) is 0. The quantitative estimate of drug-likeness (QED) is 0.877. The first-order valence-electron chi connectivity index (χ1n) is 9.00. The van der Waals surface area contributed by atoms with Crippen LogP contribution in [0.2, 0.25) is 0 Å². The normalized spacial score (nSPS) is 25.3. The molecule has 0 unspecified atom stereocenters. The van der Waals surface area contributed by atoms with Crippen molar-refractivity contribution in [3.05, 3.63) is 102 Å². The third-order valence-electron chi connectivity index (χ3n) is 4.31. The highest BCUT2D eigenvalue weighted by molar-refractivity contribution is 5.97. The minimum atomic E-state index is -0.0193. The first kappa shape index (κ1) is 17.9. The standard InChI is InChI=1S/C23H24N2O/c26-23(25-22-16-17-24-18-22)21-14-8-12-20(13-9-15-21)19-10-6-4-2-1-3-5-7-11-19/h1-15,22,24H,16-18H2,(H,25,26)/b2-1?,3-1?,4-2?,5-3?,6-4?,7-5?,10-6?,11-7?,12-8-,13-9?,14-8?,15-9-,19-10?,19-11?,20-12?,20-13+,21-14+,21-15?/t22-/m1/s1. The molecule has 0 saturated carbocycles. The molecule has 26 heavy (non-hydrogen) atoms. The lowest BCUT2D eigenvalue weighted by Gasteiger charge is -2.12. The van der Waals surface area contributed by atoms with Crippen LogP contribution in [-0.4, -0.2) is 25.0 Å². The molecule has 1 atom stereocenters. The van der Waals surface area contributed by atoms with E-state index in [9.17, 15) is 4.79 Å². The fraction of sp³-hybridized carbons (Fsp3) is 0.174. The molecule has 0 bridgehead atoms. The Balaban J connectivity index is 1.75. The van der Waals surface area contributed by atoms with Crippen molar-refractivity contribution < 1.29 is 4.79 Å². The summed E-state index contributed by atoms with van der Waals surface area (Å²) in [6.07, 6.45) is 12.6. The summed E-state index contributed by atoms with van der Waals surface area (Å²) in [5.41, 5.74) is 2.88. The third kappa shape index (κ3) is 5.30. The van der Waals surface area contributed by atoms with Crippen LogP contribution in [-0.2, 0) is 4.79 Å². The highest BCUT2D eigenvalue weighted by Gasteiger charge is 2.17. The zero-order chi connectivity index (χ0) is 18.0. The number of allylic oxidation sites excluding steroid dienone is 6. The molecular weight excluding hydrogens is 320 g/mol. The molecule has 0 radical (unpaired) electrons. The van der Waals surface area contributed by atoms with E-state index < -0.39 is 0 Å². The summed E-state index contributed by atoms with van der Waals surface area (Å²) in [5.74, 6) is -0.0193. The van der Waals surface area contributed by atoms with E-state index in [1.54, 1.807) is 0 Å². The molecule has 1 fully saturated rings. The number of rotatable bonds is 3. The Kier molecular flexibility index (Phi) is 6.57. The van der Waals surface area contributed by atoms with Crippen molar-refractivity contribution in [1.29, 1.82) is 0 Å². The van der Waals surface area contributed by atoms with Crippen LogP contribution in [0, 0.1) is 0 Å². The molecule has 1 aromatic rings. The Morgan fingerprint density at radius 1 is 0.923 bits per heavy atom. The molecule has 3 rings (SSSR count). The minimum absolute atomic E-state index is 0.0193. The lowest BCUT2D eigenvalue weighted by molar-refractivity contribution is -0.117. The van der Waals surface area contributed by atoms with E-state index in [1.807, 2.05) is 78.9 Å². The van der Waals surface area contributed by atoms with Gasteiger partial charge in [0, 0.05) is 18.2 Å². The van der Waals surface area contributed by atoms with Crippen molar-refractivity contribution >= 4 is 11.5 Å². The second-order valence-corrected chi connectivity index (χ2v) is 6.26. The first-order chi connectivity index (χ1) is 12.8. The Labute approximate surface area is 155 Å². The van der Waals surface area contributed by atoms with Crippen LogP contribution < -0.4 is 10.6 Å². The van der Waals surface area contributed by atoms with Gasteiger partial charge in [0.15, 0.2) is 0 Å². The molecule has 132 valence electrons. The van der Waals surface area contributed by atoms with Gasteiger partial charge >= 0.3 is 0 Å². The molecular formula is C23H24N2O. The van der Waals surface area contributed by atoms with Gasteiger partial charge in [-0.2, -0.15) is 0 Å². The maximum atomic E-state index is 12.4. The van der Waals surface area contributed by atoms with Gasteiger partial charge in [0.05, 0.1) is 0 Å². The lowest BCUT2D eigenvalue weighted by atomic mass is 10.0. The maximum absolute atomic E-state index is 12.4. The van der Waals surface area contributed by atoms with E-state index in [1.165, 1.54) is 0 Å². The zero-order valence-electron chi connectivity index (χ0n) is 14.8. The molecule has 1 aromatic carbocycles. The Morgan fingerprint density at radius 2 is 1.62 bits per heavy atom. The zero-order valence-corrected chi connectivity index (χ0v) is 14.8. The first-order valence-corrected chi connectivity index (χ1v) is 9.00. The van der Waals surface area contributed by atoms with Crippen molar-refractivity contribution in [2.24, 2.45) is 0 Å². The smallest absolute Gasteiger partial charge is 0.251 e. The van der Waals surface area contributed by atoms with Gasteiger partial charge in [-0.1, -0.05) is 78.9 Å². The molecule has 1 aliphatic carbocycles. The van der Waals surface area contributed by atoms with Crippen LogP contribution in [0.3, 0.4) is 0 Å². The highest BCUT2D eigenvalue weighted by atomic mass is 16.1. The van der Waals surface area contributed by atoms with Crippen molar-refractivity contribution in [2.45, 2.75) is 12.5 Å². The summed E-state index contributed by atoms with van der Waals surface area (Å²) in [6.45, 7) is 1.81. The van der Waals surface area contributed by atoms with Crippen molar-refractivity contribution in [3.63, 3.8) is 0 Å². The van der Waals surface area contributed by atoms with Gasteiger partial charge in [0.25, 0.3) is 5.91 Å². The average molecular weight is 344 g/mol. The summed E-state index contributed by atoms with van der Waals surface area (Å²) in [6, 6.07) is 18.4. The number of hydrogen-bond acceptors (Lipinski definition) is 2. The fourth-order valence-corrected chi connectivity index (χ4v) is 2.90. The molecule has 2 aliphatic rings. The summed E-state index contributed by atoms with van der Waals surface area (Å²) in [4.78, 5) is 12.4. The SMILES string of the molecule is O=C(N[C@@H]1CCNC1)C1=C/C=C\C(c2ccccccccc2)=C/C=C\1. The van der Waals surface area contributed by atoms with Gasteiger partial charge < -0.3 is 10.6 Å². The Bertz CT molecular complexity index is 785. The molecule has 1 amide bonds. The van der Waals surface area contributed by atoms with Gasteiger partial charge in [-0.15, -0.1) is 0 Å². The molecule has 1 aliphatic heterocycles. The van der Waals surface area contributed by atoms with E-state index in [0.29, 0.717) is 5.57 Å². The Hall–Kier alpha value is -2.91. The Morgan fingerprint density at radius 3 is 2.31 bits per heavy atom. The van der Waals surface area contributed by atoms with Crippen LogP contribution in [0.4, 0.5) is 0 Å². The summed E-state index contributed by atoms with van der Waals surface area (Å²) >= 11 is 0. The van der Waals surface area contributed by atoms with Crippen molar-refractivity contribution in [2.75, 3.05) is 13.1 Å². The van der Waals surface area contributed by atoms with Gasteiger partial charge in [-0.3, -0.25) is 4.79 Å². The molecule has 1 heterocycles. The minimum Gasteiger partial charge on any atom is -0.348 e. The van der Waals surface area contributed by atoms with Crippen LogP contribution in [0.1, 0.15) is 12.0 Å². The molecule has 0 spiro atoms. The summed E-state index contributed by atoms with van der Waals surface area (Å²) in [5, 5.41) is 6.34. The maximum Gasteiger partial charge on any atom is 0.251 e. The van der Waals surface area contributed by atoms with Crippen molar-refractivity contribution in [3.8, 4) is 0 Å². The second-order valence-electron chi connectivity index (χ2n) is 6.26. The van der Waals surface area contributed by atoms with E-state index in [0.717, 1.165) is 30.6 Å². The largest absolute Gasteiger partial charge is 0.348 e. The van der Waals surface area contributed by atoms with E-state index in [4.69, 9.17) is 0 Å². The molecule has 0 aromatic heterocycles. The molecule has 1 saturated heterocycles. The number of carbonyl (C=O) groups excluding carboxylic acids is 1. The van der Waals surface area contributed by atoms with Gasteiger partial charge in [0.2, 0.25) is 0 Å². The topological polar surface area (TPSA) is 41.1 Å². The van der Waals surface area contributed by atoms with Gasteiger partial charge in [0.1, 0.15) is 0 Å². The van der Waals surface area contributed by atoms with Crippen LogP contribution in [0.25, 0.3) is 5.57 Å². The highest BCUT2D eigenvalue weighted by Crippen LogP contribution is 2.17. The van der Waals surface area contributed by atoms with E-state index in [-0.39, 0.29) is 11.9 Å². The van der Waals surface area contributed by atoms with Crippen LogP contribution in [0.5, 0.6) is 0 Å². The molecule has 2 N–H and O–H groups in total.